The summed E-state index contributed by atoms with van der Waals surface area (Å²) in [7, 11) is 0. The van der Waals surface area contributed by atoms with E-state index in [1.165, 1.54) is 11.9 Å². The van der Waals surface area contributed by atoms with Gasteiger partial charge in [-0.3, -0.25) is 14.9 Å². The van der Waals surface area contributed by atoms with Crippen LogP contribution in [-0.4, -0.2) is 75.5 Å². The second-order valence-electron chi connectivity index (χ2n) is 10.2. The second-order valence-corrected chi connectivity index (χ2v) is 10.2. The Bertz CT molecular complexity index is 1450. The molecule has 206 valence electrons. The Morgan fingerprint density at radius 3 is 2.60 bits per heavy atom. The molecule has 40 heavy (non-hydrogen) atoms. The molecule has 0 amide bonds. The molecule has 4 aromatic rings. The fraction of sp³-hybridized carbons (Fsp3) is 0.333. The van der Waals surface area contributed by atoms with Crippen LogP contribution in [0.5, 0.6) is 0 Å². The van der Waals surface area contributed by atoms with Gasteiger partial charge in [0.25, 0.3) is 0 Å². The molecule has 10 heteroatoms. The molecule has 5 heterocycles. The first-order valence-electron chi connectivity index (χ1n) is 13.8. The molecule has 0 spiro atoms. The van der Waals surface area contributed by atoms with E-state index in [4.69, 9.17) is 10.4 Å². The first-order chi connectivity index (χ1) is 19.6. The van der Waals surface area contributed by atoms with Crippen LogP contribution in [0.15, 0.2) is 67.4 Å². The zero-order chi connectivity index (χ0) is 27.7. The second kappa shape index (κ2) is 13.1. The van der Waals surface area contributed by atoms with E-state index >= 15 is 0 Å². The fourth-order valence-electron chi connectivity index (χ4n) is 4.70. The number of rotatable bonds is 11. The Morgan fingerprint density at radius 1 is 1.00 bits per heavy atom. The van der Waals surface area contributed by atoms with Gasteiger partial charge in [0, 0.05) is 80.6 Å². The zero-order valence-corrected chi connectivity index (χ0v) is 23.1. The molecule has 1 aliphatic rings. The number of allylic oxidation sites excluding steroid dienone is 1. The highest BCUT2D eigenvalue weighted by Gasteiger charge is 2.16. The highest BCUT2D eigenvalue weighted by atomic mass is 15.3. The van der Waals surface area contributed by atoms with Gasteiger partial charge in [-0.1, -0.05) is 13.8 Å². The van der Waals surface area contributed by atoms with Crippen LogP contribution in [0.25, 0.3) is 16.6 Å². The van der Waals surface area contributed by atoms with E-state index < -0.39 is 0 Å². The summed E-state index contributed by atoms with van der Waals surface area (Å²) in [4.78, 5) is 18.3. The quantitative estimate of drug-likeness (QED) is 0.188. The van der Waals surface area contributed by atoms with E-state index in [-0.39, 0.29) is 0 Å². The Balaban J connectivity index is 1.14. The molecule has 10 nitrogen and oxygen atoms in total. The van der Waals surface area contributed by atoms with Crippen molar-refractivity contribution < 1.29 is 0 Å². The van der Waals surface area contributed by atoms with E-state index in [2.05, 4.69) is 66.6 Å². The average molecular weight is 537 g/mol. The number of pyridine rings is 3. The number of fused-ring (bicyclic) bond motifs is 1. The molecule has 0 radical (unpaired) electrons. The largest absolute Gasteiger partial charge is 0.390 e. The Kier molecular flexibility index (Phi) is 8.87. The molecule has 4 aromatic heterocycles. The fourth-order valence-corrected chi connectivity index (χ4v) is 4.70. The number of hydrogen-bond acceptors (Lipinski definition) is 10. The summed E-state index contributed by atoms with van der Waals surface area (Å²) < 4.78 is 0. The topological polar surface area (TPSA) is 119 Å². The van der Waals surface area contributed by atoms with E-state index in [1.54, 1.807) is 12.4 Å². The Labute approximate surface area is 235 Å². The minimum atomic E-state index is 0.362. The highest BCUT2D eigenvalue weighted by Crippen LogP contribution is 2.22. The van der Waals surface area contributed by atoms with E-state index in [1.807, 2.05) is 42.9 Å². The lowest BCUT2D eigenvalue weighted by Gasteiger charge is -2.36. The number of nitrogens with zero attached hydrogens (tertiary/aromatic N) is 7. The molecule has 1 fully saturated rings. The van der Waals surface area contributed by atoms with Gasteiger partial charge in [-0.15, -0.1) is 5.10 Å². The molecule has 0 bridgehead atoms. The average Bonchev–Trinajstić information content (AvgIpc) is 2.99. The lowest BCUT2D eigenvalue weighted by atomic mass is 10.1. The lowest BCUT2D eigenvalue weighted by Crippen LogP contribution is -2.46. The molecule has 0 saturated carbocycles. The molecule has 0 aliphatic carbocycles. The molecule has 0 aromatic carbocycles. The van der Waals surface area contributed by atoms with E-state index in [9.17, 15) is 0 Å². The normalized spacial score (nSPS) is 14.5. The number of aromatic nitrogens is 5. The third-order valence-corrected chi connectivity index (χ3v) is 7.08. The van der Waals surface area contributed by atoms with E-state index in [0.29, 0.717) is 17.6 Å². The number of anilines is 3. The van der Waals surface area contributed by atoms with Crippen molar-refractivity contribution >= 4 is 40.1 Å². The van der Waals surface area contributed by atoms with Gasteiger partial charge >= 0.3 is 0 Å². The van der Waals surface area contributed by atoms with Crippen molar-refractivity contribution in [2.24, 2.45) is 0 Å². The van der Waals surface area contributed by atoms with Crippen molar-refractivity contribution in [3.8, 4) is 0 Å². The van der Waals surface area contributed by atoms with Crippen LogP contribution < -0.4 is 15.5 Å². The van der Waals surface area contributed by atoms with Gasteiger partial charge in [0.05, 0.1) is 17.2 Å². The summed E-state index contributed by atoms with van der Waals surface area (Å²) in [6, 6.07) is 11.9. The third-order valence-electron chi connectivity index (χ3n) is 7.08. The van der Waals surface area contributed by atoms with Crippen molar-refractivity contribution in [2.75, 3.05) is 49.5 Å². The molecule has 0 unspecified atom stereocenters. The maximum absolute atomic E-state index is 7.96. The summed E-state index contributed by atoms with van der Waals surface area (Å²) in [5.74, 6) is 1.69. The summed E-state index contributed by atoms with van der Waals surface area (Å²) in [6.45, 7) is 10.3. The number of piperazine rings is 1. The van der Waals surface area contributed by atoms with Gasteiger partial charge in [-0.2, -0.15) is 5.10 Å². The molecular formula is C30H36N10. The number of nitrogens with one attached hydrogen (secondary N) is 3. The molecule has 0 atom stereocenters. The predicted octanol–water partition coefficient (Wildman–Crippen LogP) is 4.47. The van der Waals surface area contributed by atoms with Crippen LogP contribution >= 0.6 is 0 Å². The monoisotopic (exact) mass is 536 g/mol. The van der Waals surface area contributed by atoms with Crippen molar-refractivity contribution in [3.05, 3.63) is 78.5 Å². The predicted molar refractivity (Wildman–Crippen MR) is 161 cm³/mol. The molecule has 5 rings (SSSR count). The van der Waals surface area contributed by atoms with Gasteiger partial charge in [-0.05, 0) is 60.8 Å². The molecule has 1 saturated heterocycles. The Morgan fingerprint density at radius 2 is 1.82 bits per heavy atom. The molecular weight excluding hydrogens is 500 g/mol. The molecule has 3 N–H and O–H groups in total. The van der Waals surface area contributed by atoms with E-state index in [0.717, 1.165) is 73.4 Å². The van der Waals surface area contributed by atoms with Gasteiger partial charge in [-0.25, -0.2) is 4.98 Å². The minimum absolute atomic E-state index is 0.362. The summed E-state index contributed by atoms with van der Waals surface area (Å²) >= 11 is 0. The number of hydrogen-bond donors (Lipinski definition) is 3. The molecule has 1 aliphatic heterocycles. The first-order valence-corrected chi connectivity index (χ1v) is 13.8. The van der Waals surface area contributed by atoms with Crippen LogP contribution in [0.3, 0.4) is 0 Å². The maximum atomic E-state index is 7.96. The van der Waals surface area contributed by atoms with Crippen molar-refractivity contribution in [3.63, 3.8) is 0 Å². The van der Waals surface area contributed by atoms with Gasteiger partial charge in [0.15, 0.2) is 5.82 Å². The highest BCUT2D eigenvalue weighted by molar-refractivity contribution is 6.08. The van der Waals surface area contributed by atoms with Gasteiger partial charge in [0.1, 0.15) is 5.82 Å². The van der Waals surface area contributed by atoms with Crippen LogP contribution in [0.2, 0.25) is 0 Å². The SMILES string of the molecule is CC(C)c1cnnc(Nc2ccc3ncc(/C(C=N)=C/NCCCN4CCN(c5ccncc5)CC4)cc3n2)c1. The van der Waals surface area contributed by atoms with Gasteiger partial charge < -0.3 is 20.9 Å². The van der Waals surface area contributed by atoms with Crippen LogP contribution in [0, 0.1) is 5.41 Å². The zero-order valence-electron chi connectivity index (χ0n) is 23.1. The van der Waals surface area contributed by atoms with Crippen LogP contribution in [0.1, 0.15) is 37.3 Å². The first kappa shape index (κ1) is 27.1. The lowest BCUT2D eigenvalue weighted by molar-refractivity contribution is 0.255. The van der Waals surface area contributed by atoms with Crippen molar-refractivity contribution in [1.29, 1.82) is 5.41 Å². The van der Waals surface area contributed by atoms with Gasteiger partial charge in [0.2, 0.25) is 0 Å². The van der Waals surface area contributed by atoms with Crippen LogP contribution in [0.4, 0.5) is 17.3 Å². The third kappa shape index (κ3) is 6.95. The summed E-state index contributed by atoms with van der Waals surface area (Å²) in [5.41, 5.74) is 5.49. The van der Waals surface area contributed by atoms with Crippen molar-refractivity contribution in [1.82, 2.24) is 35.4 Å². The standard InChI is InChI=1S/C30H36N10/c1-22(2)23-17-30(38-35-21-23)37-29-5-4-27-28(36-29)16-24(20-34-27)25(18-31)19-33-8-3-11-39-12-14-40(15-13-39)26-6-9-32-10-7-26/h4-7,9-10,16-22,31,33H,3,8,11-15H2,1-2H3,(H,36,37,38)/b25-19+,31-18?. The van der Waals surface area contributed by atoms with Crippen LogP contribution in [-0.2, 0) is 0 Å². The minimum Gasteiger partial charge on any atom is -0.390 e. The smallest absolute Gasteiger partial charge is 0.154 e. The van der Waals surface area contributed by atoms with Crippen molar-refractivity contribution in [2.45, 2.75) is 26.2 Å². The summed E-state index contributed by atoms with van der Waals surface area (Å²) in [5, 5.41) is 22.9. The Hall–Kier alpha value is -4.44. The summed E-state index contributed by atoms with van der Waals surface area (Å²) in [6.07, 6.45) is 11.6. The maximum Gasteiger partial charge on any atom is 0.154 e.